The third kappa shape index (κ3) is 3.38. The molecule has 1 atom stereocenters. The van der Waals surface area contributed by atoms with Gasteiger partial charge in [-0.1, -0.05) is 46.3 Å². The van der Waals surface area contributed by atoms with Gasteiger partial charge in [0.2, 0.25) is 0 Å². The first-order chi connectivity index (χ1) is 9.53. The average molecular weight is 331 g/mol. The summed E-state index contributed by atoms with van der Waals surface area (Å²) in [6, 6.07) is 17.0. The van der Waals surface area contributed by atoms with Gasteiger partial charge in [-0.3, -0.25) is 0 Å². The van der Waals surface area contributed by atoms with E-state index < -0.39 is 5.60 Å². The van der Waals surface area contributed by atoms with Gasteiger partial charge >= 0.3 is 0 Å². The lowest BCUT2D eigenvalue weighted by molar-refractivity contribution is 0.0715. The van der Waals surface area contributed by atoms with Crippen molar-refractivity contribution < 1.29 is 5.11 Å². The smallest absolute Gasteiger partial charge is 0.104 e. The predicted octanol–water partition coefficient (Wildman–Crippen LogP) is 3.64. The van der Waals surface area contributed by atoms with Crippen LogP contribution in [0, 0.1) is 11.3 Å². The van der Waals surface area contributed by atoms with Crippen LogP contribution in [-0.2, 0) is 5.60 Å². The molecule has 0 aliphatic carbocycles. The number of nitrogens with zero attached hydrogens (tertiary/aromatic N) is 1. The number of hydrogen-bond donors (Lipinski definition) is 2. The number of anilines is 1. The summed E-state index contributed by atoms with van der Waals surface area (Å²) in [5, 5.41) is 22.8. The molecule has 0 fully saturated rings. The molecule has 20 heavy (non-hydrogen) atoms. The van der Waals surface area contributed by atoms with Gasteiger partial charge in [0.05, 0.1) is 11.3 Å². The number of benzene rings is 2. The summed E-state index contributed by atoms with van der Waals surface area (Å²) in [6.07, 6.45) is 0. The fourth-order valence-corrected chi connectivity index (χ4v) is 2.29. The summed E-state index contributed by atoms with van der Waals surface area (Å²) < 4.78 is 0.856. The van der Waals surface area contributed by atoms with Crippen LogP contribution >= 0.6 is 15.9 Å². The zero-order valence-electron chi connectivity index (χ0n) is 11.1. The minimum absolute atomic E-state index is 0.327. The SMILES string of the molecule is CC(O)(CNc1ccc(Br)cc1C#N)c1ccccc1. The van der Waals surface area contributed by atoms with Crippen molar-refractivity contribution in [2.45, 2.75) is 12.5 Å². The zero-order chi connectivity index (χ0) is 14.6. The molecule has 0 aliphatic heterocycles. The normalized spacial score (nSPS) is 13.3. The number of nitrogens with one attached hydrogen (secondary N) is 1. The lowest BCUT2D eigenvalue weighted by Crippen LogP contribution is -2.30. The first kappa shape index (κ1) is 14.6. The molecule has 3 nitrogen and oxygen atoms in total. The number of nitriles is 1. The molecule has 0 amide bonds. The number of aliphatic hydroxyl groups is 1. The fraction of sp³-hybridized carbons (Fsp3) is 0.188. The number of halogens is 1. The van der Waals surface area contributed by atoms with Gasteiger partial charge in [-0.2, -0.15) is 5.26 Å². The molecule has 0 spiro atoms. The molecule has 0 saturated carbocycles. The summed E-state index contributed by atoms with van der Waals surface area (Å²) in [4.78, 5) is 0. The highest BCUT2D eigenvalue weighted by molar-refractivity contribution is 9.10. The van der Waals surface area contributed by atoms with E-state index >= 15 is 0 Å². The van der Waals surface area contributed by atoms with E-state index in [1.54, 1.807) is 13.0 Å². The molecule has 4 heteroatoms. The van der Waals surface area contributed by atoms with Crippen molar-refractivity contribution in [1.82, 2.24) is 0 Å². The minimum Gasteiger partial charge on any atom is -0.384 e. The maximum atomic E-state index is 10.5. The molecule has 102 valence electrons. The second-order valence-electron chi connectivity index (χ2n) is 4.80. The van der Waals surface area contributed by atoms with E-state index in [0.717, 1.165) is 10.0 Å². The van der Waals surface area contributed by atoms with Crippen molar-refractivity contribution in [3.63, 3.8) is 0 Å². The number of hydrogen-bond acceptors (Lipinski definition) is 3. The zero-order valence-corrected chi connectivity index (χ0v) is 12.7. The highest BCUT2D eigenvalue weighted by Gasteiger charge is 2.22. The van der Waals surface area contributed by atoms with Gasteiger partial charge in [0, 0.05) is 11.0 Å². The van der Waals surface area contributed by atoms with Crippen molar-refractivity contribution in [2.24, 2.45) is 0 Å². The Morgan fingerprint density at radius 2 is 1.95 bits per heavy atom. The lowest BCUT2D eigenvalue weighted by Gasteiger charge is -2.25. The van der Waals surface area contributed by atoms with Crippen LogP contribution in [-0.4, -0.2) is 11.7 Å². The Labute approximate surface area is 127 Å². The molecule has 2 aromatic rings. The summed E-state index contributed by atoms with van der Waals surface area (Å²) in [5.74, 6) is 0. The van der Waals surface area contributed by atoms with Gasteiger partial charge in [-0.05, 0) is 30.7 Å². The highest BCUT2D eigenvalue weighted by atomic mass is 79.9. The van der Waals surface area contributed by atoms with Crippen molar-refractivity contribution in [3.05, 3.63) is 64.1 Å². The maximum absolute atomic E-state index is 10.5. The van der Waals surface area contributed by atoms with Crippen LogP contribution < -0.4 is 5.32 Å². The Hall–Kier alpha value is -1.83. The summed E-state index contributed by atoms with van der Waals surface area (Å²) >= 11 is 3.34. The van der Waals surface area contributed by atoms with Crippen molar-refractivity contribution in [3.8, 4) is 6.07 Å². The van der Waals surface area contributed by atoms with Crippen LogP contribution in [0.25, 0.3) is 0 Å². The Balaban J connectivity index is 2.15. The van der Waals surface area contributed by atoms with Crippen LogP contribution in [0.1, 0.15) is 18.1 Å². The Kier molecular flexibility index (Phi) is 4.43. The van der Waals surface area contributed by atoms with Crippen molar-refractivity contribution in [1.29, 1.82) is 5.26 Å². The molecule has 0 aliphatic rings. The van der Waals surface area contributed by atoms with E-state index in [2.05, 4.69) is 27.3 Å². The van der Waals surface area contributed by atoms with Crippen LogP contribution in [0.4, 0.5) is 5.69 Å². The maximum Gasteiger partial charge on any atom is 0.104 e. The molecule has 2 aromatic carbocycles. The van der Waals surface area contributed by atoms with Gasteiger partial charge in [0.1, 0.15) is 11.7 Å². The molecule has 0 radical (unpaired) electrons. The summed E-state index contributed by atoms with van der Waals surface area (Å²) in [6.45, 7) is 2.08. The fourth-order valence-electron chi connectivity index (χ4n) is 1.93. The first-order valence-corrected chi connectivity index (χ1v) is 7.04. The Morgan fingerprint density at radius 3 is 2.60 bits per heavy atom. The van der Waals surface area contributed by atoms with E-state index in [-0.39, 0.29) is 0 Å². The average Bonchev–Trinajstić information content (AvgIpc) is 2.46. The highest BCUT2D eigenvalue weighted by Crippen LogP contribution is 2.24. The summed E-state index contributed by atoms with van der Waals surface area (Å²) in [7, 11) is 0. The second-order valence-corrected chi connectivity index (χ2v) is 5.71. The third-order valence-electron chi connectivity index (χ3n) is 3.12. The standard InChI is InChI=1S/C16H15BrN2O/c1-16(20,13-5-3-2-4-6-13)11-19-15-8-7-14(17)9-12(15)10-18/h2-9,19-20H,11H2,1H3. The van der Waals surface area contributed by atoms with Gasteiger partial charge in [-0.25, -0.2) is 0 Å². The van der Waals surface area contributed by atoms with E-state index in [0.29, 0.717) is 17.8 Å². The van der Waals surface area contributed by atoms with Crippen LogP contribution in [0.2, 0.25) is 0 Å². The molecular weight excluding hydrogens is 316 g/mol. The molecule has 2 rings (SSSR count). The molecule has 0 aromatic heterocycles. The molecule has 0 saturated heterocycles. The van der Waals surface area contributed by atoms with E-state index in [1.807, 2.05) is 42.5 Å². The van der Waals surface area contributed by atoms with E-state index in [1.165, 1.54) is 0 Å². The second kappa shape index (κ2) is 6.08. The largest absolute Gasteiger partial charge is 0.384 e. The monoisotopic (exact) mass is 330 g/mol. The lowest BCUT2D eigenvalue weighted by atomic mass is 9.96. The first-order valence-electron chi connectivity index (χ1n) is 6.24. The molecule has 1 unspecified atom stereocenters. The molecular formula is C16H15BrN2O. The van der Waals surface area contributed by atoms with E-state index in [4.69, 9.17) is 5.26 Å². The number of rotatable bonds is 4. The predicted molar refractivity (Wildman–Crippen MR) is 83.4 cm³/mol. The topological polar surface area (TPSA) is 56.0 Å². The third-order valence-corrected chi connectivity index (χ3v) is 3.61. The van der Waals surface area contributed by atoms with Crippen molar-refractivity contribution >= 4 is 21.6 Å². The van der Waals surface area contributed by atoms with Gasteiger partial charge in [0.15, 0.2) is 0 Å². The Morgan fingerprint density at radius 1 is 1.25 bits per heavy atom. The Bertz CT molecular complexity index is 633. The van der Waals surface area contributed by atoms with Gasteiger partial charge in [0.25, 0.3) is 0 Å². The van der Waals surface area contributed by atoms with Crippen LogP contribution in [0.3, 0.4) is 0 Å². The quantitative estimate of drug-likeness (QED) is 0.899. The molecule has 0 heterocycles. The van der Waals surface area contributed by atoms with Gasteiger partial charge in [-0.15, -0.1) is 0 Å². The minimum atomic E-state index is -0.999. The van der Waals surface area contributed by atoms with Crippen LogP contribution in [0.15, 0.2) is 53.0 Å². The van der Waals surface area contributed by atoms with Crippen LogP contribution in [0.5, 0.6) is 0 Å². The van der Waals surface area contributed by atoms with E-state index in [9.17, 15) is 5.11 Å². The van der Waals surface area contributed by atoms with Gasteiger partial charge < -0.3 is 10.4 Å². The molecule has 2 N–H and O–H groups in total. The molecule has 0 bridgehead atoms. The summed E-state index contributed by atoms with van der Waals surface area (Å²) in [5.41, 5.74) is 1.10. The van der Waals surface area contributed by atoms with Crippen molar-refractivity contribution in [2.75, 3.05) is 11.9 Å².